The van der Waals surface area contributed by atoms with Gasteiger partial charge < -0.3 is 15.0 Å². The molecule has 2 aromatic heterocycles. The topological polar surface area (TPSA) is 67.0 Å². The van der Waals surface area contributed by atoms with E-state index in [-0.39, 0.29) is 24.0 Å². The molecule has 3 heterocycles. The van der Waals surface area contributed by atoms with Crippen molar-refractivity contribution in [2.24, 2.45) is 10.9 Å². The van der Waals surface area contributed by atoms with Crippen LogP contribution in [-0.2, 0) is 17.8 Å². The zero-order chi connectivity index (χ0) is 20.6. The lowest BCUT2D eigenvalue weighted by Gasteiger charge is -2.21. The largest absolute Gasteiger partial charge is 0.376 e. The van der Waals surface area contributed by atoms with Crippen LogP contribution in [0.25, 0.3) is 5.65 Å². The number of aromatic nitrogens is 3. The summed E-state index contributed by atoms with van der Waals surface area (Å²) in [6.45, 7) is 4.35. The molecule has 166 valence electrons. The molecule has 4 rings (SSSR count). The average molecular weight is 534 g/mol. The van der Waals surface area contributed by atoms with E-state index in [9.17, 15) is 0 Å². The van der Waals surface area contributed by atoms with E-state index in [4.69, 9.17) is 4.74 Å². The first-order chi connectivity index (χ1) is 14.8. The molecule has 0 aliphatic carbocycles. The van der Waals surface area contributed by atoms with Gasteiger partial charge in [0.05, 0.1) is 13.2 Å². The Morgan fingerprint density at radius 2 is 2.00 bits per heavy atom. The Balaban J connectivity index is 0.00000272. The molecule has 1 unspecified atom stereocenters. The minimum absolute atomic E-state index is 0. The summed E-state index contributed by atoms with van der Waals surface area (Å²) in [5.41, 5.74) is 2.12. The van der Waals surface area contributed by atoms with E-state index in [2.05, 4.69) is 54.1 Å². The molecule has 1 aliphatic heterocycles. The van der Waals surface area contributed by atoms with Crippen LogP contribution in [0.3, 0.4) is 0 Å². The number of benzene rings is 1. The zero-order valence-electron chi connectivity index (χ0n) is 18.0. The van der Waals surface area contributed by atoms with E-state index < -0.39 is 0 Å². The van der Waals surface area contributed by atoms with Gasteiger partial charge in [-0.3, -0.25) is 9.39 Å². The maximum absolute atomic E-state index is 5.94. The second-order valence-electron chi connectivity index (χ2n) is 7.72. The van der Waals surface area contributed by atoms with Crippen LogP contribution < -0.4 is 5.32 Å². The molecule has 0 radical (unpaired) electrons. The normalized spacial score (nSPS) is 16.5. The van der Waals surface area contributed by atoms with E-state index in [1.165, 1.54) is 5.56 Å². The Morgan fingerprint density at radius 1 is 1.16 bits per heavy atom. The Hall–Kier alpha value is -2.20. The number of fused-ring (bicyclic) bond motifs is 1. The van der Waals surface area contributed by atoms with E-state index in [1.807, 2.05) is 37.5 Å². The van der Waals surface area contributed by atoms with E-state index in [0.717, 1.165) is 62.9 Å². The molecule has 1 atom stereocenters. The first-order valence-electron chi connectivity index (χ1n) is 10.7. The number of likely N-dealkylation sites (tertiary alicyclic amines) is 1. The van der Waals surface area contributed by atoms with Crippen LogP contribution in [0.2, 0.25) is 0 Å². The van der Waals surface area contributed by atoms with Crippen LogP contribution in [0.5, 0.6) is 0 Å². The summed E-state index contributed by atoms with van der Waals surface area (Å²) in [5.74, 6) is 2.53. The summed E-state index contributed by atoms with van der Waals surface area (Å²) in [5, 5.41) is 12.0. The average Bonchev–Trinajstić information content (AvgIpc) is 3.42. The van der Waals surface area contributed by atoms with Crippen molar-refractivity contribution in [3.8, 4) is 0 Å². The molecule has 0 amide bonds. The van der Waals surface area contributed by atoms with E-state index in [0.29, 0.717) is 12.5 Å². The van der Waals surface area contributed by atoms with Crippen molar-refractivity contribution < 1.29 is 4.74 Å². The Kier molecular flexibility index (Phi) is 9.08. The number of nitrogens with zero attached hydrogens (tertiary/aromatic N) is 5. The lowest BCUT2D eigenvalue weighted by molar-refractivity contribution is 0.0907. The molecule has 1 aliphatic rings. The maximum atomic E-state index is 5.94. The smallest absolute Gasteiger partial charge is 0.193 e. The number of nitrogens with one attached hydrogen (secondary N) is 1. The maximum Gasteiger partial charge on any atom is 0.193 e. The fourth-order valence-electron chi connectivity index (χ4n) is 3.92. The standard InChI is InChI=1S/C23H30N6O.HI/c1-24-23(25-13-7-11-22-27-26-21-10-5-6-14-29(21)22)28-15-12-20(16-28)18-30-17-19-8-3-2-4-9-19;/h2-6,8-10,14,20H,7,11-13,15-18H2,1H3,(H,24,25);1H. The lowest BCUT2D eigenvalue weighted by atomic mass is 10.1. The first kappa shape index (κ1) is 23.5. The van der Waals surface area contributed by atoms with Crippen molar-refractivity contribution in [2.75, 3.05) is 33.3 Å². The van der Waals surface area contributed by atoms with Gasteiger partial charge in [0.2, 0.25) is 0 Å². The summed E-state index contributed by atoms with van der Waals surface area (Å²) >= 11 is 0. The number of aryl methyl sites for hydroxylation is 1. The van der Waals surface area contributed by atoms with Gasteiger partial charge in [-0.05, 0) is 30.5 Å². The van der Waals surface area contributed by atoms with Gasteiger partial charge in [0.1, 0.15) is 5.82 Å². The van der Waals surface area contributed by atoms with Crippen molar-refractivity contribution in [1.29, 1.82) is 0 Å². The molecule has 0 saturated carbocycles. The minimum atomic E-state index is 0. The third-order valence-electron chi connectivity index (χ3n) is 5.51. The fraction of sp³-hybridized carbons (Fsp3) is 0.435. The van der Waals surface area contributed by atoms with E-state index in [1.54, 1.807) is 0 Å². The molecule has 0 bridgehead atoms. The summed E-state index contributed by atoms with van der Waals surface area (Å²) in [4.78, 5) is 6.81. The molecule has 1 N–H and O–H groups in total. The van der Waals surface area contributed by atoms with Gasteiger partial charge in [0, 0.05) is 45.2 Å². The number of hydrogen-bond donors (Lipinski definition) is 1. The van der Waals surface area contributed by atoms with Crippen molar-refractivity contribution in [3.63, 3.8) is 0 Å². The SMILES string of the molecule is CN=C(NCCCc1nnc2ccccn12)N1CCC(COCc2ccccc2)C1.I. The fourth-order valence-corrected chi connectivity index (χ4v) is 3.92. The number of hydrogen-bond acceptors (Lipinski definition) is 4. The second kappa shape index (κ2) is 12.0. The predicted molar refractivity (Wildman–Crippen MR) is 134 cm³/mol. The van der Waals surface area contributed by atoms with Gasteiger partial charge in [-0.1, -0.05) is 36.4 Å². The highest BCUT2D eigenvalue weighted by atomic mass is 127. The third-order valence-corrected chi connectivity index (χ3v) is 5.51. The predicted octanol–water partition coefficient (Wildman–Crippen LogP) is 3.39. The van der Waals surface area contributed by atoms with Gasteiger partial charge in [-0.2, -0.15) is 0 Å². The van der Waals surface area contributed by atoms with Crippen LogP contribution in [0.4, 0.5) is 0 Å². The molecule has 1 saturated heterocycles. The zero-order valence-corrected chi connectivity index (χ0v) is 20.3. The van der Waals surface area contributed by atoms with Crippen molar-refractivity contribution in [2.45, 2.75) is 25.9 Å². The van der Waals surface area contributed by atoms with Crippen LogP contribution in [0.15, 0.2) is 59.7 Å². The van der Waals surface area contributed by atoms with Gasteiger partial charge in [-0.25, -0.2) is 0 Å². The van der Waals surface area contributed by atoms with Gasteiger partial charge in [0.15, 0.2) is 11.6 Å². The van der Waals surface area contributed by atoms with Crippen LogP contribution in [0.1, 0.15) is 24.2 Å². The molecule has 3 aromatic rings. The molecular weight excluding hydrogens is 503 g/mol. The van der Waals surface area contributed by atoms with Crippen LogP contribution in [0, 0.1) is 5.92 Å². The molecule has 1 fully saturated rings. The molecule has 1 aromatic carbocycles. The highest BCUT2D eigenvalue weighted by molar-refractivity contribution is 14.0. The number of pyridine rings is 1. The quantitative estimate of drug-likeness (QED) is 0.208. The summed E-state index contributed by atoms with van der Waals surface area (Å²) in [6.07, 6.45) is 5.01. The van der Waals surface area contributed by atoms with Gasteiger partial charge >= 0.3 is 0 Å². The lowest BCUT2D eigenvalue weighted by Crippen LogP contribution is -2.40. The number of guanidine groups is 1. The summed E-state index contributed by atoms with van der Waals surface area (Å²) in [7, 11) is 1.85. The summed E-state index contributed by atoms with van der Waals surface area (Å²) < 4.78 is 7.99. The van der Waals surface area contributed by atoms with Crippen LogP contribution >= 0.6 is 24.0 Å². The number of aliphatic imine (C=N–C) groups is 1. The minimum Gasteiger partial charge on any atom is -0.376 e. The van der Waals surface area contributed by atoms with Gasteiger partial charge in [0.25, 0.3) is 0 Å². The molecule has 0 spiro atoms. The molecular formula is C23H31IN6O. The van der Waals surface area contributed by atoms with Gasteiger partial charge in [-0.15, -0.1) is 34.2 Å². The molecule has 31 heavy (non-hydrogen) atoms. The number of rotatable bonds is 8. The monoisotopic (exact) mass is 534 g/mol. The van der Waals surface area contributed by atoms with E-state index >= 15 is 0 Å². The first-order valence-corrected chi connectivity index (χ1v) is 10.7. The third kappa shape index (κ3) is 6.39. The van der Waals surface area contributed by atoms with Crippen molar-refractivity contribution >= 4 is 35.6 Å². The van der Waals surface area contributed by atoms with Crippen molar-refractivity contribution in [3.05, 3.63) is 66.1 Å². The number of ether oxygens (including phenoxy) is 1. The highest BCUT2D eigenvalue weighted by Gasteiger charge is 2.24. The highest BCUT2D eigenvalue weighted by Crippen LogP contribution is 2.17. The van der Waals surface area contributed by atoms with Crippen LogP contribution in [-0.4, -0.2) is 58.7 Å². The number of halogens is 1. The molecule has 8 heteroatoms. The molecule has 7 nitrogen and oxygen atoms in total. The Bertz CT molecular complexity index is 961. The second-order valence-corrected chi connectivity index (χ2v) is 7.72. The Labute approximate surface area is 200 Å². The Morgan fingerprint density at radius 3 is 2.84 bits per heavy atom. The summed E-state index contributed by atoms with van der Waals surface area (Å²) in [6, 6.07) is 16.3. The van der Waals surface area contributed by atoms with Crippen molar-refractivity contribution in [1.82, 2.24) is 24.8 Å².